The third-order valence-electron chi connectivity index (χ3n) is 8.69. The number of esters is 1. The first-order valence-electron chi connectivity index (χ1n) is 15.1. The van der Waals surface area contributed by atoms with Gasteiger partial charge in [-0.2, -0.15) is 13.2 Å². The van der Waals surface area contributed by atoms with Crippen LogP contribution in [0.15, 0.2) is 29.1 Å². The summed E-state index contributed by atoms with van der Waals surface area (Å²) >= 11 is 0. The summed E-state index contributed by atoms with van der Waals surface area (Å²) in [6, 6.07) is 2.47. The smallest absolute Gasteiger partial charge is 0.411 e. The molecule has 2 aromatic carbocycles. The summed E-state index contributed by atoms with van der Waals surface area (Å²) in [5.41, 5.74) is 2.34. The Bertz CT molecular complexity index is 1750. The Morgan fingerprint density at radius 2 is 1.91 bits per heavy atom. The Kier molecular flexibility index (Phi) is 9.62. The number of carbonyl (C=O) groups excluding carboxylic acids is 2. The van der Waals surface area contributed by atoms with Gasteiger partial charge in [-0.05, 0) is 62.4 Å². The van der Waals surface area contributed by atoms with Crippen LogP contribution < -0.4 is 20.5 Å². The molecule has 3 heterocycles. The van der Waals surface area contributed by atoms with Gasteiger partial charge in [-0.3, -0.25) is 14.2 Å². The molecule has 14 heteroatoms. The minimum absolute atomic E-state index is 0.0319. The molecule has 47 heavy (non-hydrogen) atoms. The number of carbonyl (C=O) groups is 2. The SMILES string of the molecule is COC(=O)[C@H](Cc1ccc(-c2c(C)nc(C)n(C)c2=O)c2c1CCCO2)NC(=O)c1c(C)cc(N2CCOC[C@@H]2C(F)(F)F)cc1F. The van der Waals surface area contributed by atoms with E-state index in [0.717, 1.165) is 23.6 Å². The highest BCUT2D eigenvalue weighted by atomic mass is 19.4. The normalized spacial score (nSPS) is 17.0. The first kappa shape index (κ1) is 33.9. The van der Waals surface area contributed by atoms with E-state index in [9.17, 15) is 27.6 Å². The summed E-state index contributed by atoms with van der Waals surface area (Å²) in [4.78, 5) is 45.1. The van der Waals surface area contributed by atoms with Crippen molar-refractivity contribution < 1.29 is 41.4 Å². The molecule has 3 aromatic rings. The number of hydrogen-bond acceptors (Lipinski definition) is 8. The highest BCUT2D eigenvalue weighted by Gasteiger charge is 2.45. The molecule has 0 radical (unpaired) electrons. The van der Waals surface area contributed by atoms with E-state index in [-0.39, 0.29) is 36.4 Å². The molecule has 0 unspecified atom stereocenters. The molecule has 2 aliphatic rings. The number of nitrogens with one attached hydrogen (secondary N) is 1. The molecule has 1 N–H and O–H groups in total. The molecule has 1 saturated heterocycles. The predicted molar refractivity (Wildman–Crippen MR) is 164 cm³/mol. The topological polar surface area (TPSA) is 112 Å². The summed E-state index contributed by atoms with van der Waals surface area (Å²) in [6.07, 6.45) is -3.39. The molecule has 2 aliphatic heterocycles. The van der Waals surface area contributed by atoms with Crippen molar-refractivity contribution in [3.05, 3.63) is 74.2 Å². The highest BCUT2D eigenvalue weighted by Crippen LogP contribution is 2.39. The fourth-order valence-corrected chi connectivity index (χ4v) is 6.22. The Balaban J connectivity index is 1.45. The highest BCUT2D eigenvalue weighted by molar-refractivity contribution is 5.98. The van der Waals surface area contributed by atoms with Crippen LogP contribution in [0.25, 0.3) is 11.1 Å². The van der Waals surface area contributed by atoms with Crippen LogP contribution in [0.5, 0.6) is 5.75 Å². The molecule has 0 spiro atoms. The van der Waals surface area contributed by atoms with Gasteiger partial charge in [0, 0.05) is 31.3 Å². The van der Waals surface area contributed by atoms with Gasteiger partial charge in [0.05, 0.1) is 43.8 Å². The lowest BCUT2D eigenvalue weighted by molar-refractivity contribution is -0.167. The Morgan fingerprint density at radius 1 is 1.17 bits per heavy atom. The molecule has 5 rings (SSSR count). The summed E-state index contributed by atoms with van der Waals surface area (Å²) in [6.45, 7) is 4.65. The van der Waals surface area contributed by atoms with Gasteiger partial charge < -0.3 is 24.4 Å². The molecule has 1 fully saturated rings. The number of nitrogens with zero attached hydrogens (tertiary/aromatic N) is 3. The van der Waals surface area contributed by atoms with Crippen molar-refractivity contribution in [2.75, 3.05) is 38.4 Å². The van der Waals surface area contributed by atoms with Crippen molar-refractivity contribution in [3.8, 4) is 16.9 Å². The Hall–Kier alpha value is -4.46. The second-order valence-corrected chi connectivity index (χ2v) is 11.7. The van der Waals surface area contributed by atoms with Crippen molar-refractivity contribution >= 4 is 17.6 Å². The van der Waals surface area contributed by atoms with Crippen LogP contribution >= 0.6 is 0 Å². The van der Waals surface area contributed by atoms with Crippen molar-refractivity contribution in [2.45, 2.75) is 58.3 Å². The van der Waals surface area contributed by atoms with Gasteiger partial charge in [0.1, 0.15) is 29.5 Å². The van der Waals surface area contributed by atoms with E-state index >= 15 is 4.39 Å². The number of anilines is 1. The fraction of sp³-hybridized carbons (Fsp3) is 0.455. The van der Waals surface area contributed by atoms with Crippen molar-refractivity contribution in [2.24, 2.45) is 7.05 Å². The van der Waals surface area contributed by atoms with E-state index < -0.39 is 48.1 Å². The summed E-state index contributed by atoms with van der Waals surface area (Å²) in [5, 5.41) is 2.56. The number of morpholine rings is 1. The van der Waals surface area contributed by atoms with Gasteiger partial charge in [-0.15, -0.1) is 0 Å². The van der Waals surface area contributed by atoms with E-state index in [1.807, 2.05) is 0 Å². The zero-order valence-electron chi connectivity index (χ0n) is 26.7. The zero-order valence-corrected chi connectivity index (χ0v) is 26.7. The lowest BCUT2D eigenvalue weighted by atomic mass is 9.90. The second-order valence-electron chi connectivity index (χ2n) is 11.7. The Morgan fingerprint density at radius 3 is 2.60 bits per heavy atom. The molecule has 252 valence electrons. The fourth-order valence-electron chi connectivity index (χ4n) is 6.22. The number of fused-ring (bicyclic) bond motifs is 1. The van der Waals surface area contributed by atoms with E-state index in [0.29, 0.717) is 53.4 Å². The van der Waals surface area contributed by atoms with Crippen LogP contribution in [-0.2, 0) is 34.2 Å². The molecule has 10 nitrogen and oxygen atoms in total. The summed E-state index contributed by atoms with van der Waals surface area (Å²) < 4.78 is 73.9. The van der Waals surface area contributed by atoms with Gasteiger partial charge in [0.2, 0.25) is 0 Å². The number of aryl methyl sites for hydroxylation is 3. The van der Waals surface area contributed by atoms with Gasteiger partial charge in [0.25, 0.3) is 11.5 Å². The number of halogens is 4. The van der Waals surface area contributed by atoms with E-state index in [1.54, 1.807) is 33.0 Å². The first-order chi connectivity index (χ1) is 22.2. The molecular formula is C33H36F4N4O6. The average Bonchev–Trinajstić information content (AvgIpc) is 3.03. The number of ether oxygens (including phenoxy) is 3. The monoisotopic (exact) mass is 660 g/mol. The minimum atomic E-state index is -4.61. The molecule has 0 saturated carbocycles. The second kappa shape index (κ2) is 13.3. The Labute approximate surface area is 268 Å². The number of methoxy groups -OCH3 is 1. The first-order valence-corrected chi connectivity index (χ1v) is 15.1. The molecule has 1 amide bonds. The van der Waals surface area contributed by atoms with Crippen LogP contribution in [0.1, 0.15) is 45.0 Å². The number of aromatic nitrogens is 2. The summed E-state index contributed by atoms with van der Waals surface area (Å²) in [5.74, 6) is -1.69. The van der Waals surface area contributed by atoms with E-state index in [2.05, 4.69) is 10.3 Å². The molecule has 1 aromatic heterocycles. The maximum atomic E-state index is 15.5. The van der Waals surface area contributed by atoms with E-state index in [4.69, 9.17) is 14.2 Å². The van der Waals surface area contributed by atoms with Crippen LogP contribution in [-0.4, -0.2) is 73.2 Å². The van der Waals surface area contributed by atoms with Crippen LogP contribution in [0.3, 0.4) is 0 Å². The number of benzene rings is 2. The largest absolute Gasteiger partial charge is 0.493 e. The van der Waals surface area contributed by atoms with Gasteiger partial charge in [0.15, 0.2) is 0 Å². The molecule has 0 aliphatic carbocycles. The van der Waals surface area contributed by atoms with Gasteiger partial charge in [-0.1, -0.05) is 12.1 Å². The van der Waals surface area contributed by atoms with Crippen LogP contribution in [0, 0.1) is 26.6 Å². The van der Waals surface area contributed by atoms with Gasteiger partial charge in [-0.25, -0.2) is 14.2 Å². The van der Waals surface area contributed by atoms with Crippen LogP contribution in [0.4, 0.5) is 23.2 Å². The molecular weight excluding hydrogens is 624 g/mol. The quantitative estimate of drug-likeness (QED) is 0.298. The molecule has 2 atom stereocenters. The average molecular weight is 661 g/mol. The summed E-state index contributed by atoms with van der Waals surface area (Å²) in [7, 11) is 2.80. The number of amides is 1. The van der Waals surface area contributed by atoms with Gasteiger partial charge >= 0.3 is 12.1 Å². The number of alkyl halides is 3. The maximum absolute atomic E-state index is 15.5. The number of rotatable bonds is 7. The lowest BCUT2D eigenvalue weighted by Gasteiger charge is -2.38. The lowest BCUT2D eigenvalue weighted by Crippen LogP contribution is -2.53. The standard InChI is InChI=1S/C33H36F4N4O6/c1-17-13-21(41-10-12-46-16-26(41)33(35,36)37)15-24(34)27(17)30(42)39-25(32(44)45-5)14-20-8-9-23(29-22(20)7-6-11-47-29)28-18(2)38-19(3)40(4)31(28)43/h8-9,13,15,25-26H,6-7,10-12,14,16H2,1-5H3,(H,39,42)/t25-,26+/m0/s1. The zero-order chi connectivity index (χ0) is 34.2. The van der Waals surface area contributed by atoms with Crippen molar-refractivity contribution in [3.63, 3.8) is 0 Å². The third kappa shape index (κ3) is 6.69. The number of hydrogen-bond donors (Lipinski definition) is 1. The molecule has 0 bridgehead atoms. The minimum Gasteiger partial charge on any atom is -0.493 e. The van der Waals surface area contributed by atoms with Crippen LogP contribution in [0.2, 0.25) is 0 Å². The van der Waals surface area contributed by atoms with E-state index in [1.165, 1.54) is 17.6 Å². The van der Waals surface area contributed by atoms with Crippen molar-refractivity contribution in [1.82, 2.24) is 14.9 Å². The third-order valence-corrected chi connectivity index (χ3v) is 8.69. The predicted octanol–water partition coefficient (Wildman–Crippen LogP) is 4.12. The van der Waals surface area contributed by atoms with Crippen molar-refractivity contribution in [1.29, 1.82) is 0 Å². The maximum Gasteiger partial charge on any atom is 0.411 e.